The molecule has 7 heteroatoms. The molecule has 152 valence electrons. The van der Waals surface area contributed by atoms with Gasteiger partial charge in [-0.15, -0.1) is 0 Å². The van der Waals surface area contributed by atoms with Gasteiger partial charge in [-0.05, 0) is 48.7 Å². The van der Waals surface area contributed by atoms with Crippen molar-refractivity contribution in [1.82, 2.24) is 14.0 Å². The molecule has 1 aliphatic heterocycles. The quantitative estimate of drug-likeness (QED) is 0.689. The molecule has 2 heterocycles. The van der Waals surface area contributed by atoms with E-state index in [2.05, 4.69) is 0 Å². The predicted molar refractivity (Wildman–Crippen MR) is 113 cm³/mol. The number of piperidine rings is 1. The van der Waals surface area contributed by atoms with Crippen LogP contribution in [0, 0.1) is 0 Å². The number of aryl methyl sites for hydroxylation is 1. The summed E-state index contributed by atoms with van der Waals surface area (Å²) in [5, 5.41) is 0. The molecular weight excluding hydrogens is 368 g/mol. The highest BCUT2D eigenvalue weighted by Gasteiger charge is 2.27. The maximum atomic E-state index is 12.9. The topological polar surface area (TPSA) is 82.5 Å². The Bertz CT molecular complexity index is 1110. The standard InChI is InChI=1S/C22H26N4O3/c1-24-19-9-8-16(23)13-20(19)26(22(24)28)17-6-4-10-25(14-17)21(27)12-15-5-3-7-18(11-15)29-2/h3,5,7-9,11,13,17H,4,6,10,12,14,23H2,1-2H3/t17-/m0/s1. The molecule has 1 amide bonds. The Morgan fingerprint density at radius 3 is 2.83 bits per heavy atom. The number of carbonyl (C=O) groups is 1. The molecule has 2 aromatic carbocycles. The second-order valence-corrected chi connectivity index (χ2v) is 7.62. The molecule has 1 aromatic heterocycles. The van der Waals surface area contributed by atoms with E-state index in [0.29, 0.717) is 25.2 Å². The lowest BCUT2D eigenvalue weighted by atomic mass is 10.0. The minimum atomic E-state index is -0.0716. The predicted octanol–water partition coefficient (Wildman–Crippen LogP) is 2.34. The molecule has 1 fully saturated rings. The van der Waals surface area contributed by atoms with Gasteiger partial charge in [0.2, 0.25) is 5.91 Å². The summed E-state index contributed by atoms with van der Waals surface area (Å²) >= 11 is 0. The van der Waals surface area contributed by atoms with Gasteiger partial charge in [-0.25, -0.2) is 4.79 Å². The Morgan fingerprint density at radius 2 is 2.03 bits per heavy atom. The van der Waals surface area contributed by atoms with Crippen molar-refractivity contribution in [3.8, 4) is 5.75 Å². The van der Waals surface area contributed by atoms with Gasteiger partial charge in [0.1, 0.15) is 5.75 Å². The van der Waals surface area contributed by atoms with E-state index in [9.17, 15) is 9.59 Å². The fourth-order valence-electron chi connectivity index (χ4n) is 4.20. The number of nitrogen functional groups attached to an aromatic ring is 1. The Balaban J connectivity index is 1.58. The highest BCUT2D eigenvalue weighted by molar-refractivity contribution is 5.80. The van der Waals surface area contributed by atoms with Crippen LogP contribution in [0.4, 0.5) is 5.69 Å². The molecule has 1 aliphatic rings. The first-order valence-electron chi connectivity index (χ1n) is 9.85. The van der Waals surface area contributed by atoms with Gasteiger partial charge in [-0.3, -0.25) is 13.9 Å². The van der Waals surface area contributed by atoms with Crippen molar-refractivity contribution in [2.75, 3.05) is 25.9 Å². The second-order valence-electron chi connectivity index (χ2n) is 7.62. The van der Waals surface area contributed by atoms with Gasteiger partial charge in [-0.1, -0.05) is 12.1 Å². The number of fused-ring (bicyclic) bond motifs is 1. The number of methoxy groups -OCH3 is 1. The van der Waals surface area contributed by atoms with Crippen molar-refractivity contribution in [1.29, 1.82) is 0 Å². The number of nitrogens with zero attached hydrogens (tertiary/aromatic N) is 3. The molecular formula is C22H26N4O3. The third kappa shape index (κ3) is 3.60. The molecule has 29 heavy (non-hydrogen) atoms. The molecule has 0 bridgehead atoms. The molecule has 1 atom stereocenters. The number of imidazole rings is 1. The van der Waals surface area contributed by atoms with Crippen molar-refractivity contribution in [3.05, 3.63) is 58.5 Å². The first kappa shape index (κ1) is 19.1. The number of hydrogen-bond donors (Lipinski definition) is 1. The lowest BCUT2D eigenvalue weighted by Gasteiger charge is -2.33. The molecule has 7 nitrogen and oxygen atoms in total. The third-order valence-corrected chi connectivity index (χ3v) is 5.72. The average Bonchev–Trinajstić information content (AvgIpc) is 2.97. The van der Waals surface area contributed by atoms with E-state index in [4.69, 9.17) is 10.5 Å². The minimum Gasteiger partial charge on any atom is -0.497 e. The van der Waals surface area contributed by atoms with Crippen LogP contribution in [0.1, 0.15) is 24.4 Å². The van der Waals surface area contributed by atoms with Crippen LogP contribution in [-0.2, 0) is 18.3 Å². The first-order valence-corrected chi connectivity index (χ1v) is 9.85. The zero-order valence-corrected chi connectivity index (χ0v) is 16.8. The van der Waals surface area contributed by atoms with E-state index in [-0.39, 0.29) is 17.6 Å². The maximum absolute atomic E-state index is 12.9. The van der Waals surface area contributed by atoms with Crippen LogP contribution in [0.2, 0.25) is 0 Å². The molecule has 0 saturated carbocycles. The SMILES string of the molecule is COc1cccc(CC(=O)N2CCC[C@H](n3c(=O)n(C)c4ccc(N)cc43)C2)c1. The number of likely N-dealkylation sites (tertiary alicyclic amines) is 1. The van der Waals surface area contributed by atoms with Crippen molar-refractivity contribution in [3.63, 3.8) is 0 Å². The van der Waals surface area contributed by atoms with Crippen LogP contribution < -0.4 is 16.2 Å². The molecule has 4 rings (SSSR count). The van der Waals surface area contributed by atoms with Crippen molar-refractivity contribution < 1.29 is 9.53 Å². The van der Waals surface area contributed by atoms with E-state index in [1.54, 1.807) is 29.4 Å². The largest absolute Gasteiger partial charge is 0.497 e. The number of hydrogen-bond acceptors (Lipinski definition) is 4. The Morgan fingerprint density at radius 1 is 1.21 bits per heavy atom. The summed E-state index contributed by atoms with van der Waals surface area (Å²) in [5.74, 6) is 0.808. The summed E-state index contributed by atoms with van der Waals surface area (Å²) in [4.78, 5) is 27.7. The lowest BCUT2D eigenvalue weighted by Crippen LogP contribution is -2.43. The van der Waals surface area contributed by atoms with Crippen molar-refractivity contribution in [2.24, 2.45) is 7.05 Å². The van der Waals surface area contributed by atoms with Crippen LogP contribution in [0.5, 0.6) is 5.75 Å². The molecule has 3 aromatic rings. The van der Waals surface area contributed by atoms with Gasteiger partial charge in [0.25, 0.3) is 0 Å². The van der Waals surface area contributed by atoms with E-state index >= 15 is 0 Å². The number of nitrogens with two attached hydrogens (primary N) is 1. The van der Waals surface area contributed by atoms with Crippen LogP contribution in [-0.4, -0.2) is 40.1 Å². The monoisotopic (exact) mass is 394 g/mol. The summed E-state index contributed by atoms with van der Waals surface area (Å²) in [6.45, 7) is 1.23. The van der Waals surface area contributed by atoms with E-state index < -0.39 is 0 Å². The highest BCUT2D eigenvalue weighted by atomic mass is 16.5. The number of benzene rings is 2. The zero-order valence-electron chi connectivity index (χ0n) is 16.8. The number of carbonyl (C=O) groups excluding carboxylic acids is 1. The Hall–Kier alpha value is -3.22. The van der Waals surface area contributed by atoms with E-state index in [1.807, 2.05) is 41.3 Å². The average molecular weight is 394 g/mol. The van der Waals surface area contributed by atoms with E-state index in [1.165, 1.54) is 0 Å². The van der Waals surface area contributed by atoms with Gasteiger partial charge < -0.3 is 15.4 Å². The van der Waals surface area contributed by atoms with Gasteiger partial charge >= 0.3 is 5.69 Å². The summed E-state index contributed by atoms with van der Waals surface area (Å²) in [6.07, 6.45) is 2.04. The lowest BCUT2D eigenvalue weighted by molar-refractivity contribution is -0.132. The number of anilines is 1. The molecule has 1 saturated heterocycles. The Labute approximate surface area is 169 Å². The highest BCUT2D eigenvalue weighted by Crippen LogP contribution is 2.26. The summed E-state index contributed by atoms with van der Waals surface area (Å²) in [6, 6.07) is 13.0. The zero-order chi connectivity index (χ0) is 20.5. The van der Waals surface area contributed by atoms with Crippen LogP contribution in [0.3, 0.4) is 0 Å². The van der Waals surface area contributed by atoms with Crippen LogP contribution in [0.15, 0.2) is 47.3 Å². The summed E-state index contributed by atoms with van der Waals surface area (Å²) in [7, 11) is 3.39. The number of aromatic nitrogens is 2. The van der Waals surface area contributed by atoms with Crippen LogP contribution >= 0.6 is 0 Å². The fourth-order valence-corrected chi connectivity index (χ4v) is 4.20. The van der Waals surface area contributed by atoms with Gasteiger partial charge in [0.05, 0.1) is 30.6 Å². The van der Waals surface area contributed by atoms with E-state index in [0.717, 1.165) is 35.2 Å². The smallest absolute Gasteiger partial charge is 0.329 e. The molecule has 0 spiro atoms. The summed E-state index contributed by atoms with van der Waals surface area (Å²) in [5.41, 5.74) is 9.12. The fraction of sp³-hybridized carbons (Fsp3) is 0.364. The molecule has 2 N–H and O–H groups in total. The first-order chi connectivity index (χ1) is 14.0. The van der Waals surface area contributed by atoms with Crippen molar-refractivity contribution in [2.45, 2.75) is 25.3 Å². The van der Waals surface area contributed by atoms with Gasteiger partial charge in [0.15, 0.2) is 0 Å². The molecule has 0 aliphatic carbocycles. The number of rotatable bonds is 4. The maximum Gasteiger partial charge on any atom is 0.329 e. The van der Waals surface area contributed by atoms with Crippen molar-refractivity contribution >= 4 is 22.6 Å². The molecule has 0 unspecified atom stereocenters. The minimum absolute atomic E-state index is 0.0593. The van der Waals surface area contributed by atoms with Crippen LogP contribution in [0.25, 0.3) is 11.0 Å². The van der Waals surface area contributed by atoms with Gasteiger partial charge in [0, 0.05) is 25.8 Å². The number of amides is 1. The van der Waals surface area contributed by atoms with Gasteiger partial charge in [-0.2, -0.15) is 0 Å². The third-order valence-electron chi connectivity index (χ3n) is 5.72. The second kappa shape index (κ2) is 7.66. The Kier molecular flexibility index (Phi) is 5.05. The normalized spacial score (nSPS) is 16.9. The molecule has 0 radical (unpaired) electrons. The summed E-state index contributed by atoms with van der Waals surface area (Å²) < 4.78 is 8.69. The number of ether oxygens (including phenoxy) is 1.